The first-order chi connectivity index (χ1) is 14.2. The van der Waals surface area contributed by atoms with Gasteiger partial charge in [0.05, 0.1) is 16.8 Å². The van der Waals surface area contributed by atoms with E-state index < -0.39 is 0 Å². The van der Waals surface area contributed by atoms with E-state index in [1.54, 1.807) is 45.4 Å². The highest BCUT2D eigenvalue weighted by Gasteiger charge is 2.29. The average Bonchev–Trinajstić information content (AvgIpc) is 3.43. The van der Waals surface area contributed by atoms with Gasteiger partial charge >= 0.3 is 0 Å². The summed E-state index contributed by atoms with van der Waals surface area (Å²) in [6, 6.07) is 7.18. The Balaban J connectivity index is 1.42. The molecule has 1 aliphatic rings. The Hall–Kier alpha value is -3.33. The summed E-state index contributed by atoms with van der Waals surface area (Å²) in [5.41, 5.74) is 1.54. The van der Waals surface area contributed by atoms with Gasteiger partial charge in [-0.1, -0.05) is 6.07 Å². The van der Waals surface area contributed by atoms with Crippen molar-refractivity contribution in [2.45, 2.75) is 18.8 Å². The number of rotatable bonds is 3. The number of carbonyl (C=O) groups excluding carboxylic acids is 1. The van der Waals surface area contributed by atoms with Crippen molar-refractivity contribution >= 4 is 22.9 Å². The third-order valence-electron chi connectivity index (χ3n) is 5.14. The van der Waals surface area contributed by atoms with Gasteiger partial charge in [-0.05, 0) is 30.4 Å². The van der Waals surface area contributed by atoms with Crippen molar-refractivity contribution in [1.82, 2.24) is 29.5 Å². The lowest BCUT2D eigenvalue weighted by Gasteiger charge is -2.32. The number of amides is 1. The van der Waals surface area contributed by atoms with Crippen molar-refractivity contribution in [3.8, 4) is 10.6 Å². The molecule has 0 unspecified atom stereocenters. The van der Waals surface area contributed by atoms with Crippen LogP contribution in [0.3, 0.4) is 0 Å². The highest BCUT2D eigenvalue weighted by atomic mass is 32.1. The van der Waals surface area contributed by atoms with Gasteiger partial charge in [-0.15, -0.1) is 11.3 Å². The highest BCUT2D eigenvalue weighted by Crippen LogP contribution is 2.28. The number of hydrogen-bond donors (Lipinski definition) is 1. The first kappa shape index (κ1) is 17.7. The van der Waals surface area contributed by atoms with E-state index in [2.05, 4.69) is 15.1 Å². The molecule has 1 aliphatic heterocycles. The molecule has 9 heteroatoms. The maximum Gasteiger partial charge on any atom is 0.259 e. The summed E-state index contributed by atoms with van der Waals surface area (Å²) >= 11 is 1.55. The van der Waals surface area contributed by atoms with Gasteiger partial charge in [-0.3, -0.25) is 9.59 Å². The minimum atomic E-state index is -0.173. The monoisotopic (exact) mass is 406 g/mol. The van der Waals surface area contributed by atoms with Crippen molar-refractivity contribution in [3.63, 3.8) is 0 Å². The fraction of sp³-hybridized carbons (Fsp3) is 0.250. The molecule has 5 heterocycles. The number of nitrogens with zero attached hydrogens (tertiary/aromatic N) is 5. The molecule has 0 bridgehead atoms. The van der Waals surface area contributed by atoms with Crippen LogP contribution in [0, 0.1) is 0 Å². The number of nitrogens with one attached hydrogen (secondary N) is 1. The molecule has 4 aromatic rings. The standard InChI is InChI=1S/C20H18N6O2S/c27-17-10-15(16-5-2-9-29-16)23-18(24-17)13-4-1-7-25(12-13)20(28)14-11-22-26-8-3-6-21-19(14)26/h2-3,5-6,8-11,13H,1,4,7,12H2,(H,23,24,27)/t13-/m1/s1. The number of fused-ring (bicyclic) bond motifs is 1. The average molecular weight is 406 g/mol. The Morgan fingerprint density at radius 2 is 2.24 bits per heavy atom. The SMILES string of the molecule is O=C(c1cnn2cccnc12)N1CCC[C@@H](c2nc(-c3cccs3)cc(=O)[nH]2)C1. The maximum absolute atomic E-state index is 13.1. The molecule has 5 rings (SSSR count). The van der Waals surface area contributed by atoms with E-state index in [1.807, 2.05) is 17.5 Å². The molecule has 1 atom stereocenters. The van der Waals surface area contributed by atoms with Gasteiger partial charge < -0.3 is 9.88 Å². The van der Waals surface area contributed by atoms with Gasteiger partial charge in [-0.25, -0.2) is 14.5 Å². The fourth-order valence-electron chi connectivity index (χ4n) is 3.75. The molecular weight excluding hydrogens is 388 g/mol. The molecule has 0 radical (unpaired) electrons. The molecule has 0 aromatic carbocycles. The molecule has 1 N–H and O–H groups in total. The predicted octanol–water partition coefficient (Wildman–Crippen LogP) is 2.56. The minimum absolute atomic E-state index is 0.0184. The number of piperidine rings is 1. The van der Waals surface area contributed by atoms with E-state index in [1.165, 1.54) is 6.07 Å². The van der Waals surface area contributed by atoms with Gasteiger partial charge in [0, 0.05) is 37.5 Å². The normalized spacial score (nSPS) is 17.0. The summed E-state index contributed by atoms with van der Waals surface area (Å²) in [6.07, 6.45) is 6.69. The van der Waals surface area contributed by atoms with E-state index in [0.29, 0.717) is 35.8 Å². The Kier molecular flexibility index (Phi) is 4.44. The van der Waals surface area contributed by atoms with Crippen LogP contribution in [0.2, 0.25) is 0 Å². The van der Waals surface area contributed by atoms with Crippen LogP contribution in [0.15, 0.2) is 53.0 Å². The summed E-state index contributed by atoms with van der Waals surface area (Å²) in [5.74, 6) is 0.520. The molecule has 1 fully saturated rings. The second-order valence-corrected chi connectivity index (χ2v) is 7.98. The maximum atomic E-state index is 13.1. The van der Waals surface area contributed by atoms with E-state index in [-0.39, 0.29) is 17.4 Å². The summed E-state index contributed by atoms with van der Waals surface area (Å²) in [4.78, 5) is 39.9. The van der Waals surface area contributed by atoms with Crippen LogP contribution >= 0.6 is 11.3 Å². The summed E-state index contributed by atoms with van der Waals surface area (Å²) < 4.78 is 1.60. The number of likely N-dealkylation sites (tertiary alicyclic amines) is 1. The van der Waals surface area contributed by atoms with Crippen LogP contribution in [-0.2, 0) is 0 Å². The first-order valence-corrected chi connectivity index (χ1v) is 10.3. The number of carbonyl (C=O) groups is 1. The van der Waals surface area contributed by atoms with Gasteiger partial charge in [0.25, 0.3) is 11.5 Å². The third-order valence-corrected chi connectivity index (χ3v) is 6.03. The van der Waals surface area contributed by atoms with Crippen LogP contribution in [0.4, 0.5) is 0 Å². The zero-order valence-corrected chi connectivity index (χ0v) is 16.3. The second kappa shape index (κ2) is 7.25. The number of H-pyrrole nitrogens is 1. The predicted molar refractivity (Wildman–Crippen MR) is 109 cm³/mol. The molecule has 1 amide bonds. The lowest BCUT2D eigenvalue weighted by molar-refractivity contribution is 0.0706. The van der Waals surface area contributed by atoms with Crippen LogP contribution in [-0.4, -0.2) is 48.5 Å². The quantitative estimate of drug-likeness (QED) is 0.564. The molecule has 1 saturated heterocycles. The second-order valence-electron chi connectivity index (χ2n) is 7.03. The molecule has 29 heavy (non-hydrogen) atoms. The van der Waals surface area contributed by atoms with Gasteiger partial charge in [-0.2, -0.15) is 5.10 Å². The largest absolute Gasteiger partial charge is 0.338 e. The highest BCUT2D eigenvalue weighted by molar-refractivity contribution is 7.13. The molecular formula is C20H18N6O2S. The Labute approximate surface area is 169 Å². The number of aromatic nitrogens is 5. The lowest BCUT2D eigenvalue weighted by Crippen LogP contribution is -2.40. The minimum Gasteiger partial charge on any atom is -0.338 e. The lowest BCUT2D eigenvalue weighted by atomic mass is 9.96. The van der Waals surface area contributed by atoms with E-state index in [0.717, 1.165) is 17.7 Å². The molecule has 146 valence electrons. The van der Waals surface area contributed by atoms with Crippen molar-refractivity contribution in [2.24, 2.45) is 0 Å². The first-order valence-electron chi connectivity index (χ1n) is 9.42. The third kappa shape index (κ3) is 3.33. The Morgan fingerprint density at radius 1 is 1.31 bits per heavy atom. The van der Waals surface area contributed by atoms with Crippen LogP contribution in [0.1, 0.15) is 34.9 Å². The number of hydrogen-bond acceptors (Lipinski definition) is 6. The summed E-state index contributed by atoms with van der Waals surface area (Å²) in [7, 11) is 0. The smallest absolute Gasteiger partial charge is 0.259 e. The van der Waals surface area contributed by atoms with Gasteiger partial charge in [0.15, 0.2) is 5.65 Å². The van der Waals surface area contributed by atoms with Crippen molar-refractivity contribution in [1.29, 1.82) is 0 Å². The Morgan fingerprint density at radius 3 is 3.10 bits per heavy atom. The van der Waals surface area contributed by atoms with Crippen LogP contribution in [0.5, 0.6) is 0 Å². The molecule has 4 aromatic heterocycles. The Bertz CT molecular complexity index is 1230. The fourth-order valence-corrected chi connectivity index (χ4v) is 4.44. The number of aromatic amines is 1. The van der Waals surface area contributed by atoms with Crippen molar-refractivity contribution < 1.29 is 4.79 Å². The van der Waals surface area contributed by atoms with Crippen LogP contribution < -0.4 is 5.56 Å². The topological polar surface area (TPSA) is 96.2 Å². The summed E-state index contributed by atoms with van der Waals surface area (Å²) in [5, 5.41) is 6.17. The van der Waals surface area contributed by atoms with Crippen LogP contribution in [0.25, 0.3) is 16.2 Å². The van der Waals surface area contributed by atoms with Crippen molar-refractivity contribution in [3.05, 3.63) is 70.0 Å². The van der Waals surface area contributed by atoms with Gasteiger partial charge in [0.2, 0.25) is 0 Å². The molecule has 0 spiro atoms. The van der Waals surface area contributed by atoms with E-state index in [9.17, 15) is 9.59 Å². The summed E-state index contributed by atoms with van der Waals surface area (Å²) in [6.45, 7) is 1.16. The zero-order chi connectivity index (χ0) is 19.8. The van der Waals surface area contributed by atoms with Gasteiger partial charge in [0.1, 0.15) is 11.4 Å². The van der Waals surface area contributed by atoms with E-state index in [4.69, 9.17) is 4.98 Å². The zero-order valence-electron chi connectivity index (χ0n) is 15.5. The van der Waals surface area contributed by atoms with Crippen molar-refractivity contribution in [2.75, 3.05) is 13.1 Å². The number of thiophene rings is 1. The molecule has 8 nitrogen and oxygen atoms in total. The molecule has 0 saturated carbocycles. The van der Waals surface area contributed by atoms with E-state index >= 15 is 0 Å². The molecule has 0 aliphatic carbocycles.